The molecule has 1 aromatic heterocycles. The zero-order valence-electron chi connectivity index (χ0n) is 11.7. The van der Waals surface area contributed by atoms with Gasteiger partial charge in [0.2, 0.25) is 0 Å². The zero-order valence-corrected chi connectivity index (χ0v) is 13.3. The van der Waals surface area contributed by atoms with E-state index in [0.717, 1.165) is 31.6 Å². The number of carbonyl (C=O) groups is 1. The van der Waals surface area contributed by atoms with E-state index in [1.807, 2.05) is 0 Å². The molecule has 2 rings (SSSR count). The van der Waals surface area contributed by atoms with Crippen molar-refractivity contribution in [3.63, 3.8) is 0 Å². The number of aliphatic hydroxyl groups is 1. The standard InChI is InChI=1S/C15H21BrN2O2/c1-2-11-6-8-15(20,9-7-11)10-17-14(19)12-4-3-5-13(16)18-12/h3-5,11,20H,2,6-10H2,1H3,(H,17,19). The molecule has 0 aromatic carbocycles. The van der Waals surface area contributed by atoms with E-state index >= 15 is 0 Å². The monoisotopic (exact) mass is 340 g/mol. The predicted molar refractivity (Wildman–Crippen MR) is 81.5 cm³/mol. The highest BCUT2D eigenvalue weighted by molar-refractivity contribution is 9.10. The number of hydrogen-bond acceptors (Lipinski definition) is 3. The fourth-order valence-electron chi connectivity index (χ4n) is 2.67. The van der Waals surface area contributed by atoms with E-state index < -0.39 is 5.60 Å². The predicted octanol–water partition coefficient (Wildman–Crippen LogP) is 2.91. The average molecular weight is 341 g/mol. The van der Waals surface area contributed by atoms with Crippen molar-refractivity contribution in [3.8, 4) is 0 Å². The first-order chi connectivity index (χ1) is 9.52. The Morgan fingerprint density at radius 2 is 2.20 bits per heavy atom. The van der Waals surface area contributed by atoms with Gasteiger partial charge in [-0.2, -0.15) is 0 Å². The molecular formula is C15H21BrN2O2. The minimum absolute atomic E-state index is 0.239. The summed E-state index contributed by atoms with van der Waals surface area (Å²) in [5.41, 5.74) is -0.391. The van der Waals surface area contributed by atoms with Crippen molar-refractivity contribution in [1.29, 1.82) is 0 Å². The van der Waals surface area contributed by atoms with Gasteiger partial charge in [-0.3, -0.25) is 4.79 Å². The van der Waals surface area contributed by atoms with Crippen molar-refractivity contribution in [2.24, 2.45) is 5.92 Å². The van der Waals surface area contributed by atoms with E-state index in [9.17, 15) is 9.90 Å². The first kappa shape index (κ1) is 15.4. The second-order valence-corrected chi connectivity index (χ2v) is 6.42. The molecule has 0 saturated heterocycles. The second kappa shape index (κ2) is 6.68. The molecule has 5 heteroatoms. The molecule has 0 radical (unpaired) electrons. The maximum absolute atomic E-state index is 12.0. The molecule has 0 spiro atoms. The highest BCUT2D eigenvalue weighted by atomic mass is 79.9. The van der Waals surface area contributed by atoms with Crippen molar-refractivity contribution in [3.05, 3.63) is 28.5 Å². The number of carbonyl (C=O) groups excluding carboxylic acids is 1. The summed E-state index contributed by atoms with van der Waals surface area (Å²) in [5, 5.41) is 13.3. The van der Waals surface area contributed by atoms with E-state index in [0.29, 0.717) is 16.8 Å². The maximum Gasteiger partial charge on any atom is 0.270 e. The van der Waals surface area contributed by atoms with Gasteiger partial charge in [0.25, 0.3) is 5.91 Å². The Labute approximate surface area is 128 Å². The maximum atomic E-state index is 12.0. The molecule has 2 N–H and O–H groups in total. The van der Waals surface area contributed by atoms with Crippen LogP contribution in [0, 0.1) is 5.92 Å². The van der Waals surface area contributed by atoms with Crippen molar-refractivity contribution in [1.82, 2.24) is 10.3 Å². The van der Waals surface area contributed by atoms with Crippen LogP contribution in [0.4, 0.5) is 0 Å². The molecule has 1 saturated carbocycles. The van der Waals surface area contributed by atoms with Crippen LogP contribution in [0.3, 0.4) is 0 Å². The number of pyridine rings is 1. The van der Waals surface area contributed by atoms with E-state index in [2.05, 4.69) is 33.2 Å². The van der Waals surface area contributed by atoms with Gasteiger partial charge in [-0.1, -0.05) is 19.4 Å². The average Bonchev–Trinajstić information content (AvgIpc) is 2.46. The summed E-state index contributed by atoms with van der Waals surface area (Å²) >= 11 is 3.24. The highest BCUT2D eigenvalue weighted by Crippen LogP contribution is 2.33. The van der Waals surface area contributed by atoms with Gasteiger partial charge in [0.15, 0.2) is 0 Å². The summed E-state index contributed by atoms with van der Waals surface area (Å²) < 4.78 is 0.632. The van der Waals surface area contributed by atoms with Gasteiger partial charge >= 0.3 is 0 Å². The van der Waals surface area contributed by atoms with Gasteiger partial charge in [0.1, 0.15) is 10.3 Å². The van der Waals surface area contributed by atoms with Crippen LogP contribution in [0.5, 0.6) is 0 Å². The van der Waals surface area contributed by atoms with Crippen LogP contribution in [0.2, 0.25) is 0 Å². The lowest BCUT2D eigenvalue weighted by atomic mass is 9.78. The Morgan fingerprint density at radius 1 is 1.50 bits per heavy atom. The topological polar surface area (TPSA) is 62.2 Å². The van der Waals surface area contributed by atoms with Crippen molar-refractivity contribution < 1.29 is 9.90 Å². The van der Waals surface area contributed by atoms with E-state index in [1.54, 1.807) is 18.2 Å². The number of aromatic nitrogens is 1. The van der Waals surface area contributed by atoms with E-state index in [1.165, 1.54) is 6.42 Å². The summed E-state index contributed by atoms with van der Waals surface area (Å²) in [7, 11) is 0. The molecule has 0 unspecified atom stereocenters. The summed E-state index contributed by atoms with van der Waals surface area (Å²) in [5.74, 6) is 0.482. The van der Waals surface area contributed by atoms with Crippen molar-refractivity contribution in [2.75, 3.05) is 6.54 Å². The van der Waals surface area contributed by atoms with Crippen molar-refractivity contribution >= 4 is 21.8 Å². The third-order valence-electron chi connectivity index (χ3n) is 4.14. The molecule has 4 nitrogen and oxygen atoms in total. The lowest BCUT2D eigenvalue weighted by Gasteiger charge is -2.35. The molecule has 20 heavy (non-hydrogen) atoms. The van der Waals surface area contributed by atoms with Crippen molar-refractivity contribution in [2.45, 2.75) is 44.6 Å². The van der Waals surface area contributed by atoms with Gasteiger partial charge in [-0.15, -0.1) is 0 Å². The smallest absolute Gasteiger partial charge is 0.270 e. The third kappa shape index (κ3) is 4.03. The zero-order chi connectivity index (χ0) is 14.6. The highest BCUT2D eigenvalue weighted by Gasteiger charge is 2.32. The number of hydrogen-bond donors (Lipinski definition) is 2. The molecule has 0 aliphatic heterocycles. The van der Waals surface area contributed by atoms with Crippen LogP contribution < -0.4 is 5.32 Å². The van der Waals surface area contributed by atoms with Crippen LogP contribution in [0.25, 0.3) is 0 Å². The summed E-state index contributed by atoms with van der Waals surface area (Å²) in [4.78, 5) is 16.1. The Kier molecular flexibility index (Phi) is 5.16. The Morgan fingerprint density at radius 3 is 2.80 bits per heavy atom. The second-order valence-electron chi connectivity index (χ2n) is 5.60. The van der Waals surface area contributed by atoms with E-state index in [4.69, 9.17) is 0 Å². The molecular weight excluding hydrogens is 320 g/mol. The van der Waals surface area contributed by atoms with Gasteiger partial charge < -0.3 is 10.4 Å². The van der Waals surface area contributed by atoms with Crippen LogP contribution in [-0.4, -0.2) is 28.1 Å². The minimum atomic E-state index is -0.757. The molecule has 1 fully saturated rings. The Hall–Kier alpha value is -0.940. The number of nitrogens with one attached hydrogen (secondary N) is 1. The van der Waals surface area contributed by atoms with Crippen LogP contribution in [0.1, 0.15) is 49.5 Å². The van der Waals surface area contributed by atoms with Crippen LogP contribution in [-0.2, 0) is 0 Å². The SMILES string of the molecule is CCC1CCC(O)(CNC(=O)c2cccc(Br)n2)CC1. The van der Waals surface area contributed by atoms with Gasteiger partial charge in [-0.05, 0) is 59.7 Å². The van der Waals surface area contributed by atoms with Crippen LogP contribution in [0.15, 0.2) is 22.8 Å². The van der Waals surface area contributed by atoms with Gasteiger partial charge in [0, 0.05) is 6.54 Å². The third-order valence-corrected chi connectivity index (χ3v) is 4.58. The summed E-state index contributed by atoms with van der Waals surface area (Å²) in [6.07, 6.45) is 4.77. The normalized spacial score (nSPS) is 26.2. The lowest BCUT2D eigenvalue weighted by Crippen LogP contribution is -2.45. The molecule has 1 amide bonds. The fraction of sp³-hybridized carbons (Fsp3) is 0.600. The minimum Gasteiger partial charge on any atom is -0.388 e. The largest absolute Gasteiger partial charge is 0.388 e. The molecule has 1 heterocycles. The molecule has 0 bridgehead atoms. The quantitative estimate of drug-likeness (QED) is 0.828. The first-order valence-electron chi connectivity index (χ1n) is 7.15. The molecule has 1 aliphatic carbocycles. The number of nitrogens with zero attached hydrogens (tertiary/aromatic N) is 1. The summed E-state index contributed by atoms with van der Waals surface area (Å²) in [6, 6.07) is 5.21. The number of rotatable bonds is 4. The molecule has 1 aliphatic rings. The Bertz CT molecular complexity index is 471. The Balaban J connectivity index is 1.87. The molecule has 110 valence electrons. The number of amides is 1. The van der Waals surface area contributed by atoms with E-state index in [-0.39, 0.29) is 5.91 Å². The number of halogens is 1. The van der Waals surface area contributed by atoms with Gasteiger partial charge in [-0.25, -0.2) is 4.98 Å². The molecule has 1 aromatic rings. The lowest BCUT2D eigenvalue weighted by molar-refractivity contribution is -0.00790. The van der Waals surface area contributed by atoms with Gasteiger partial charge in [0.05, 0.1) is 5.60 Å². The summed E-state index contributed by atoms with van der Waals surface area (Å²) in [6.45, 7) is 2.49. The molecule has 0 atom stereocenters. The van der Waals surface area contributed by atoms with Crippen LogP contribution >= 0.6 is 15.9 Å². The fourth-order valence-corrected chi connectivity index (χ4v) is 3.01. The first-order valence-corrected chi connectivity index (χ1v) is 7.95.